The van der Waals surface area contributed by atoms with E-state index in [-0.39, 0.29) is 5.41 Å². The Morgan fingerprint density at radius 1 is 1.37 bits per heavy atom. The van der Waals surface area contributed by atoms with Gasteiger partial charge in [0.1, 0.15) is 17.4 Å². The molecule has 0 saturated carbocycles. The normalized spacial score (nSPS) is 11.6. The molecule has 144 valence electrons. The number of aryl methyl sites for hydroxylation is 1. The number of halogens is 1. The average molecular weight is 405 g/mol. The number of nitriles is 1. The van der Waals surface area contributed by atoms with Crippen molar-refractivity contribution in [3.05, 3.63) is 34.0 Å². The van der Waals surface area contributed by atoms with Crippen molar-refractivity contribution in [3.8, 4) is 16.9 Å². The van der Waals surface area contributed by atoms with E-state index in [1.807, 2.05) is 32.0 Å². The van der Waals surface area contributed by atoms with E-state index < -0.39 is 0 Å². The number of aromatic nitrogens is 1. The molecule has 0 aliphatic rings. The highest BCUT2D eigenvalue weighted by atomic mass is 35.5. The van der Waals surface area contributed by atoms with E-state index >= 15 is 0 Å². The van der Waals surface area contributed by atoms with Crippen LogP contribution in [0.3, 0.4) is 0 Å². The molecule has 0 fully saturated rings. The van der Waals surface area contributed by atoms with E-state index in [2.05, 4.69) is 36.2 Å². The van der Waals surface area contributed by atoms with E-state index in [1.165, 1.54) is 11.5 Å². The zero-order valence-corrected chi connectivity index (χ0v) is 18.2. The molecule has 2 rings (SSSR count). The zero-order valence-electron chi connectivity index (χ0n) is 16.6. The molecule has 0 unspecified atom stereocenters. The van der Waals surface area contributed by atoms with Gasteiger partial charge in [-0.1, -0.05) is 32.4 Å². The number of rotatable bonds is 7. The monoisotopic (exact) mass is 404 g/mol. The van der Waals surface area contributed by atoms with Gasteiger partial charge in [-0.2, -0.15) is 9.64 Å². The molecule has 27 heavy (non-hydrogen) atoms. The Kier molecular flexibility index (Phi) is 6.85. The Morgan fingerprint density at radius 3 is 2.59 bits per heavy atom. The number of hydrogen-bond acceptors (Lipinski definition) is 5. The molecular formula is C20H25ClN4OS. The van der Waals surface area contributed by atoms with Crippen LogP contribution in [0, 0.1) is 18.3 Å². The van der Waals surface area contributed by atoms with Crippen molar-refractivity contribution >= 4 is 35.2 Å². The molecule has 1 heterocycles. The minimum atomic E-state index is -0.138. The molecule has 5 nitrogen and oxygen atoms in total. The van der Waals surface area contributed by atoms with Gasteiger partial charge >= 0.3 is 0 Å². The Morgan fingerprint density at radius 2 is 2.04 bits per heavy atom. The maximum Gasteiger partial charge on any atom is 0.218 e. The minimum absolute atomic E-state index is 0.138. The predicted octanol–water partition coefficient (Wildman–Crippen LogP) is 6.07. The summed E-state index contributed by atoms with van der Waals surface area (Å²) in [4.78, 5) is 6.20. The van der Waals surface area contributed by atoms with Gasteiger partial charge in [0.05, 0.1) is 22.7 Å². The fourth-order valence-electron chi connectivity index (χ4n) is 2.57. The molecule has 2 aromatic rings. The second-order valence-corrected chi connectivity index (χ2v) is 8.10. The number of benzene rings is 1. The molecule has 0 radical (unpaired) electrons. The Balaban J connectivity index is 2.40. The summed E-state index contributed by atoms with van der Waals surface area (Å²) >= 11 is 7.57. The van der Waals surface area contributed by atoms with Crippen molar-refractivity contribution in [2.24, 2.45) is 4.99 Å². The number of hydrogen-bond donors (Lipinski definition) is 0. The van der Waals surface area contributed by atoms with E-state index in [1.54, 1.807) is 12.4 Å². The van der Waals surface area contributed by atoms with Crippen molar-refractivity contribution in [1.82, 2.24) is 9.27 Å². The average Bonchev–Trinajstić information content (AvgIpc) is 3.05. The first-order valence-corrected chi connectivity index (χ1v) is 9.99. The van der Waals surface area contributed by atoms with E-state index in [0.717, 1.165) is 24.1 Å². The molecule has 0 bridgehead atoms. The minimum Gasteiger partial charge on any atom is -0.443 e. The summed E-state index contributed by atoms with van der Waals surface area (Å²) < 4.78 is 10.6. The van der Waals surface area contributed by atoms with Gasteiger partial charge in [0.15, 0.2) is 0 Å². The van der Waals surface area contributed by atoms with Gasteiger partial charge in [0.25, 0.3) is 0 Å². The lowest BCUT2D eigenvalue weighted by atomic mass is 9.80. The summed E-state index contributed by atoms with van der Waals surface area (Å²) in [6, 6.07) is 5.88. The Hall–Kier alpha value is -2.10. The van der Waals surface area contributed by atoms with Crippen LogP contribution in [0.15, 0.2) is 17.1 Å². The third kappa shape index (κ3) is 4.60. The van der Waals surface area contributed by atoms with Crippen molar-refractivity contribution in [3.63, 3.8) is 0 Å². The van der Waals surface area contributed by atoms with Crippen LogP contribution in [0.2, 0.25) is 5.02 Å². The van der Waals surface area contributed by atoms with Crippen LogP contribution in [0.5, 0.6) is 10.8 Å². The van der Waals surface area contributed by atoms with Crippen LogP contribution in [0.25, 0.3) is 0 Å². The van der Waals surface area contributed by atoms with Crippen LogP contribution >= 0.6 is 23.1 Å². The zero-order chi connectivity index (χ0) is 20.2. The molecule has 0 aliphatic heterocycles. The lowest BCUT2D eigenvalue weighted by Crippen LogP contribution is -2.21. The lowest BCUT2D eigenvalue weighted by molar-refractivity contribution is 0.426. The highest BCUT2D eigenvalue weighted by Gasteiger charge is 2.31. The van der Waals surface area contributed by atoms with Crippen LogP contribution in [-0.4, -0.2) is 29.7 Å². The van der Waals surface area contributed by atoms with Gasteiger partial charge in [-0.25, -0.2) is 4.99 Å². The molecule has 1 aromatic heterocycles. The maximum atomic E-state index is 9.70. The molecular weight excluding hydrogens is 380 g/mol. The van der Waals surface area contributed by atoms with Crippen LogP contribution in [-0.2, 0) is 5.41 Å². The van der Waals surface area contributed by atoms with Crippen molar-refractivity contribution in [1.29, 1.82) is 5.26 Å². The molecule has 1 aromatic carbocycles. The molecule has 0 aliphatic carbocycles. The smallest absolute Gasteiger partial charge is 0.218 e. The maximum absolute atomic E-state index is 9.70. The van der Waals surface area contributed by atoms with Gasteiger partial charge in [-0.3, -0.25) is 0 Å². The summed E-state index contributed by atoms with van der Waals surface area (Å²) in [6.07, 6.45) is 3.51. The topological polar surface area (TPSA) is 61.5 Å². The summed E-state index contributed by atoms with van der Waals surface area (Å²) in [7, 11) is 3.79. The first-order chi connectivity index (χ1) is 12.8. The second-order valence-electron chi connectivity index (χ2n) is 6.95. The second kappa shape index (κ2) is 8.73. The number of aliphatic imine (C=N–C) groups is 1. The highest BCUT2D eigenvalue weighted by molar-refractivity contribution is 7.08. The van der Waals surface area contributed by atoms with Gasteiger partial charge < -0.3 is 9.64 Å². The number of ether oxygens (including phenoxy) is 1. The van der Waals surface area contributed by atoms with E-state index in [4.69, 9.17) is 16.3 Å². The van der Waals surface area contributed by atoms with Crippen molar-refractivity contribution in [2.45, 2.75) is 46.0 Å². The fraction of sp³-hybridized carbons (Fsp3) is 0.450. The van der Waals surface area contributed by atoms with Gasteiger partial charge in [-0.05, 0) is 31.4 Å². The third-order valence-electron chi connectivity index (χ3n) is 4.78. The summed E-state index contributed by atoms with van der Waals surface area (Å²) in [5.41, 5.74) is 2.74. The van der Waals surface area contributed by atoms with Gasteiger partial charge in [0, 0.05) is 37.1 Å². The Bertz CT molecular complexity index is 879. The SMILES string of the molecule is CCC(C)(CC)c1nsc(Oc2cc(Cl)c(/N=C\N(C)C)cc2C)c1C#N. The molecule has 0 saturated heterocycles. The lowest BCUT2D eigenvalue weighted by Gasteiger charge is -2.24. The van der Waals surface area contributed by atoms with E-state index in [9.17, 15) is 5.26 Å². The largest absolute Gasteiger partial charge is 0.443 e. The first kappa shape index (κ1) is 21.2. The Labute approximate surface area is 170 Å². The van der Waals surface area contributed by atoms with E-state index in [0.29, 0.717) is 27.1 Å². The standard InChI is InChI=1S/C20H25ClN4OS/c1-7-20(4,8-2)18-14(11-22)19(27-24-18)26-17-10-15(21)16(9-13(17)3)23-12-25(5)6/h9-10,12H,7-8H2,1-6H3/b23-12-. The highest BCUT2D eigenvalue weighted by Crippen LogP contribution is 2.42. The molecule has 0 N–H and O–H groups in total. The summed E-state index contributed by atoms with van der Waals surface area (Å²) in [5.74, 6) is 0.602. The van der Waals surface area contributed by atoms with Gasteiger partial charge in [0.2, 0.25) is 5.06 Å². The van der Waals surface area contributed by atoms with Gasteiger partial charge in [-0.15, -0.1) is 0 Å². The quantitative estimate of drug-likeness (QED) is 0.415. The fourth-order valence-corrected chi connectivity index (χ4v) is 3.62. The van der Waals surface area contributed by atoms with Crippen LogP contribution < -0.4 is 4.74 Å². The van der Waals surface area contributed by atoms with Crippen LogP contribution in [0.1, 0.15) is 50.4 Å². The summed E-state index contributed by atoms with van der Waals surface area (Å²) in [5, 5.41) is 10.7. The first-order valence-electron chi connectivity index (χ1n) is 8.84. The van der Waals surface area contributed by atoms with Crippen LogP contribution in [0.4, 0.5) is 5.69 Å². The third-order valence-corrected chi connectivity index (χ3v) is 5.81. The molecule has 7 heteroatoms. The molecule has 0 spiro atoms. The predicted molar refractivity (Wildman–Crippen MR) is 113 cm³/mol. The van der Waals surface area contributed by atoms with Crippen molar-refractivity contribution < 1.29 is 4.74 Å². The van der Waals surface area contributed by atoms with Crippen molar-refractivity contribution in [2.75, 3.05) is 14.1 Å². The molecule has 0 atom stereocenters. The summed E-state index contributed by atoms with van der Waals surface area (Å²) in [6.45, 7) is 8.28. The molecule has 0 amide bonds. The number of nitrogens with zero attached hydrogens (tertiary/aromatic N) is 4.